The molecule has 0 bridgehead atoms. The summed E-state index contributed by atoms with van der Waals surface area (Å²) >= 11 is 0. The predicted molar refractivity (Wildman–Crippen MR) is 94.9 cm³/mol. The highest BCUT2D eigenvalue weighted by Crippen LogP contribution is 2.23. The number of carboxylic acids is 1. The SMILES string of the molecule is O=C(O)CCCN(C(=O)OCc1ccccc1)c1nc2ccccc2o1. The van der Waals surface area contributed by atoms with Crippen molar-refractivity contribution < 1.29 is 23.8 Å². The first-order valence-corrected chi connectivity index (χ1v) is 8.19. The number of carboxylic acid groups (broad SMARTS) is 1. The zero-order valence-electron chi connectivity index (χ0n) is 14.0. The molecule has 3 aromatic rings. The van der Waals surface area contributed by atoms with Crippen molar-refractivity contribution in [3.63, 3.8) is 0 Å². The molecule has 134 valence electrons. The molecular weight excluding hydrogens is 336 g/mol. The number of nitrogens with zero attached hydrogens (tertiary/aromatic N) is 2. The number of hydrogen-bond donors (Lipinski definition) is 1. The Hall–Kier alpha value is -3.35. The van der Waals surface area contributed by atoms with Crippen LogP contribution in [0.2, 0.25) is 0 Å². The quantitative estimate of drug-likeness (QED) is 0.693. The molecule has 0 aliphatic heterocycles. The number of aromatic nitrogens is 1. The summed E-state index contributed by atoms with van der Waals surface area (Å²) in [5.41, 5.74) is 2.01. The fourth-order valence-corrected chi connectivity index (χ4v) is 2.43. The van der Waals surface area contributed by atoms with Crippen LogP contribution in [-0.4, -0.2) is 28.7 Å². The van der Waals surface area contributed by atoms with Crippen molar-refractivity contribution in [2.45, 2.75) is 19.4 Å². The van der Waals surface area contributed by atoms with E-state index in [2.05, 4.69) is 4.98 Å². The molecule has 0 spiro atoms. The lowest BCUT2D eigenvalue weighted by atomic mass is 10.2. The predicted octanol–water partition coefficient (Wildman–Crippen LogP) is 3.84. The number of para-hydroxylation sites is 2. The summed E-state index contributed by atoms with van der Waals surface area (Å²) in [6.07, 6.45) is -0.442. The van der Waals surface area contributed by atoms with E-state index in [1.165, 1.54) is 4.90 Å². The van der Waals surface area contributed by atoms with Gasteiger partial charge in [0, 0.05) is 13.0 Å². The number of rotatable bonds is 7. The summed E-state index contributed by atoms with van der Waals surface area (Å²) in [6, 6.07) is 16.5. The Morgan fingerprint density at radius 1 is 1.08 bits per heavy atom. The summed E-state index contributed by atoms with van der Waals surface area (Å²) in [5.74, 6) is -0.930. The van der Waals surface area contributed by atoms with Gasteiger partial charge in [0.15, 0.2) is 5.58 Å². The minimum atomic E-state index is -0.930. The lowest BCUT2D eigenvalue weighted by molar-refractivity contribution is -0.137. The first-order valence-electron chi connectivity index (χ1n) is 8.19. The van der Waals surface area contributed by atoms with Crippen molar-refractivity contribution in [2.24, 2.45) is 0 Å². The van der Waals surface area contributed by atoms with Gasteiger partial charge in [-0.05, 0) is 24.1 Å². The average Bonchev–Trinajstić information content (AvgIpc) is 3.07. The molecule has 1 heterocycles. The van der Waals surface area contributed by atoms with E-state index in [0.717, 1.165) is 5.56 Å². The van der Waals surface area contributed by atoms with Crippen LogP contribution >= 0.6 is 0 Å². The lowest BCUT2D eigenvalue weighted by Gasteiger charge is -2.18. The van der Waals surface area contributed by atoms with E-state index in [-0.39, 0.29) is 32.0 Å². The second-order valence-corrected chi connectivity index (χ2v) is 5.65. The zero-order valence-corrected chi connectivity index (χ0v) is 14.0. The number of carbonyl (C=O) groups is 2. The van der Waals surface area contributed by atoms with Crippen LogP contribution < -0.4 is 4.90 Å². The van der Waals surface area contributed by atoms with Crippen molar-refractivity contribution in [1.82, 2.24) is 4.98 Å². The van der Waals surface area contributed by atoms with E-state index in [1.54, 1.807) is 18.2 Å². The smallest absolute Gasteiger partial charge is 0.418 e. The molecule has 2 aromatic carbocycles. The topological polar surface area (TPSA) is 92.9 Å². The van der Waals surface area contributed by atoms with E-state index in [1.807, 2.05) is 36.4 Å². The molecule has 0 aliphatic rings. The number of fused-ring (bicyclic) bond motifs is 1. The van der Waals surface area contributed by atoms with Gasteiger partial charge < -0.3 is 14.3 Å². The highest BCUT2D eigenvalue weighted by Gasteiger charge is 2.23. The third kappa shape index (κ3) is 4.38. The third-order valence-electron chi connectivity index (χ3n) is 3.71. The van der Waals surface area contributed by atoms with Gasteiger partial charge in [-0.15, -0.1) is 0 Å². The number of ether oxygens (including phenoxy) is 1. The minimum absolute atomic E-state index is 0.0668. The first-order chi connectivity index (χ1) is 12.6. The Morgan fingerprint density at radius 3 is 2.54 bits per heavy atom. The number of oxazole rings is 1. The molecule has 1 N–H and O–H groups in total. The number of carbonyl (C=O) groups excluding carboxylic acids is 1. The maximum Gasteiger partial charge on any atom is 0.418 e. The highest BCUT2D eigenvalue weighted by atomic mass is 16.6. The van der Waals surface area contributed by atoms with Gasteiger partial charge >= 0.3 is 18.1 Å². The van der Waals surface area contributed by atoms with Crippen LogP contribution in [0.5, 0.6) is 0 Å². The van der Waals surface area contributed by atoms with Crippen LogP contribution in [0.1, 0.15) is 18.4 Å². The first kappa shape index (κ1) is 17.5. The molecule has 0 saturated carbocycles. The van der Waals surface area contributed by atoms with Gasteiger partial charge in [0.1, 0.15) is 12.1 Å². The fraction of sp³-hybridized carbons (Fsp3) is 0.211. The molecule has 0 radical (unpaired) electrons. The summed E-state index contributed by atoms with van der Waals surface area (Å²) < 4.78 is 11.0. The standard InChI is InChI=1S/C19H18N2O5/c22-17(23)11-6-12-21(18-20-15-9-4-5-10-16(15)26-18)19(24)25-13-14-7-2-1-3-8-14/h1-5,7-10H,6,11-13H2,(H,22,23). The monoisotopic (exact) mass is 354 g/mol. The van der Waals surface area contributed by atoms with Crippen LogP contribution in [0.15, 0.2) is 59.0 Å². The van der Waals surface area contributed by atoms with Crippen LogP contribution in [-0.2, 0) is 16.1 Å². The van der Waals surface area contributed by atoms with E-state index in [4.69, 9.17) is 14.3 Å². The van der Waals surface area contributed by atoms with Gasteiger partial charge in [-0.25, -0.2) is 9.69 Å². The second-order valence-electron chi connectivity index (χ2n) is 5.65. The van der Waals surface area contributed by atoms with Crippen molar-refractivity contribution in [2.75, 3.05) is 11.4 Å². The molecule has 7 nitrogen and oxygen atoms in total. The van der Waals surface area contributed by atoms with Crippen molar-refractivity contribution in [1.29, 1.82) is 0 Å². The normalized spacial score (nSPS) is 10.6. The Morgan fingerprint density at radius 2 is 1.81 bits per heavy atom. The molecule has 1 aromatic heterocycles. The lowest BCUT2D eigenvalue weighted by Crippen LogP contribution is -2.33. The number of amides is 1. The zero-order chi connectivity index (χ0) is 18.4. The Balaban J connectivity index is 1.75. The van der Waals surface area contributed by atoms with Crippen LogP contribution in [0.25, 0.3) is 11.1 Å². The molecule has 0 fully saturated rings. The maximum atomic E-state index is 12.5. The Kier molecular flexibility index (Phi) is 5.48. The van der Waals surface area contributed by atoms with E-state index < -0.39 is 12.1 Å². The summed E-state index contributed by atoms with van der Waals surface area (Å²) in [5, 5.41) is 8.83. The Bertz CT molecular complexity index is 858. The summed E-state index contributed by atoms with van der Waals surface area (Å²) in [4.78, 5) is 28.8. The van der Waals surface area contributed by atoms with Crippen LogP contribution in [0.3, 0.4) is 0 Å². The van der Waals surface area contributed by atoms with Crippen molar-refractivity contribution in [3.05, 3.63) is 60.2 Å². The largest absolute Gasteiger partial charge is 0.481 e. The van der Waals surface area contributed by atoms with Gasteiger partial charge in [0.25, 0.3) is 0 Å². The summed E-state index contributed by atoms with van der Waals surface area (Å²) in [7, 11) is 0. The molecule has 0 atom stereocenters. The third-order valence-corrected chi connectivity index (χ3v) is 3.71. The van der Waals surface area contributed by atoms with Gasteiger partial charge in [-0.3, -0.25) is 4.79 Å². The van der Waals surface area contributed by atoms with E-state index in [0.29, 0.717) is 11.1 Å². The molecule has 1 amide bonds. The van der Waals surface area contributed by atoms with Gasteiger partial charge in [0.05, 0.1) is 0 Å². The van der Waals surface area contributed by atoms with Crippen LogP contribution in [0.4, 0.5) is 10.8 Å². The second kappa shape index (κ2) is 8.15. The molecule has 3 rings (SSSR count). The number of benzene rings is 2. The maximum absolute atomic E-state index is 12.5. The molecule has 0 saturated heterocycles. The van der Waals surface area contributed by atoms with Crippen molar-refractivity contribution >= 4 is 29.2 Å². The average molecular weight is 354 g/mol. The Labute approximate surface area is 149 Å². The van der Waals surface area contributed by atoms with Gasteiger partial charge in [0.2, 0.25) is 0 Å². The molecular formula is C19H18N2O5. The van der Waals surface area contributed by atoms with E-state index >= 15 is 0 Å². The van der Waals surface area contributed by atoms with E-state index in [9.17, 15) is 9.59 Å². The number of aliphatic carboxylic acids is 1. The number of hydrogen-bond acceptors (Lipinski definition) is 5. The highest BCUT2D eigenvalue weighted by molar-refractivity contribution is 5.87. The van der Waals surface area contributed by atoms with Crippen LogP contribution in [0, 0.1) is 0 Å². The fourth-order valence-electron chi connectivity index (χ4n) is 2.43. The van der Waals surface area contributed by atoms with Crippen molar-refractivity contribution in [3.8, 4) is 0 Å². The minimum Gasteiger partial charge on any atom is -0.481 e. The van der Waals surface area contributed by atoms with Gasteiger partial charge in [-0.2, -0.15) is 4.98 Å². The number of anilines is 1. The molecule has 26 heavy (non-hydrogen) atoms. The molecule has 7 heteroatoms. The molecule has 0 aliphatic carbocycles. The summed E-state index contributed by atoms with van der Waals surface area (Å²) in [6.45, 7) is 0.238. The molecule has 0 unspecified atom stereocenters. The van der Waals surface area contributed by atoms with Gasteiger partial charge in [-0.1, -0.05) is 42.5 Å².